The monoisotopic (exact) mass is 501 g/mol. The van der Waals surface area contributed by atoms with Gasteiger partial charge >= 0.3 is 0 Å². The van der Waals surface area contributed by atoms with Crippen molar-refractivity contribution in [2.45, 2.75) is 25.8 Å². The zero-order valence-electron chi connectivity index (χ0n) is 21.3. The Bertz CT molecular complexity index is 1280. The summed E-state index contributed by atoms with van der Waals surface area (Å²) in [6.45, 7) is 2.89. The van der Waals surface area contributed by atoms with Gasteiger partial charge in [-0.2, -0.15) is 0 Å². The molecule has 1 aliphatic heterocycles. The van der Waals surface area contributed by atoms with Crippen LogP contribution in [0.25, 0.3) is 5.76 Å². The maximum absolute atomic E-state index is 13.2. The van der Waals surface area contributed by atoms with Gasteiger partial charge in [-0.25, -0.2) is 0 Å². The summed E-state index contributed by atoms with van der Waals surface area (Å²) in [4.78, 5) is 28.0. The second-order valence-electron chi connectivity index (χ2n) is 8.72. The molecular weight excluding hydrogens is 470 g/mol. The molecule has 1 amide bonds. The Morgan fingerprint density at radius 2 is 1.62 bits per heavy atom. The number of hydrogen-bond acceptors (Lipinski definition) is 6. The van der Waals surface area contributed by atoms with Crippen LogP contribution in [0, 0.1) is 0 Å². The van der Waals surface area contributed by atoms with E-state index in [9.17, 15) is 14.7 Å². The normalized spacial score (nSPS) is 16.6. The lowest BCUT2D eigenvalue weighted by Gasteiger charge is -2.25. The Balaban J connectivity index is 1.68. The van der Waals surface area contributed by atoms with Gasteiger partial charge in [0.2, 0.25) is 0 Å². The first-order chi connectivity index (χ1) is 18.0. The van der Waals surface area contributed by atoms with E-state index in [1.54, 1.807) is 38.5 Å². The van der Waals surface area contributed by atoms with E-state index in [0.29, 0.717) is 35.8 Å². The number of rotatable bonds is 10. The minimum atomic E-state index is -0.711. The summed E-state index contributed by atoms with van der Waals surface area (Å²) in [5.74, 6) is 0.329. The van der Waals surface area contributed by atoms with Crippen molar-refractivity contribution in [2.75, 3.05) is 27.4 Å². The summed E-state index contributed by atoms with van der Waals surface area (Å²) in [5.41, 5.74) is 2.20. The summed E-state index contributed by atoms with van der Waals surface area (Å²) in [5, 5.41) is 11.2. The maximum atomic E-state index is 13.2. The van der Waals surface area contributed by atoms with Crippen molar-refractivity contribution < 1.29 is 28.9 Å². The SMILES string of the molecule is CCCOc1ccc(/C(O)=C2\C(=O)C(=O)N(CCc3ccc(OC)c(OC)c3)C2c2ccccc2)cc1. The summed E-state index contributed by atoms with van der Waals surface area (Å²) in [7, 11) is 3.14. The van der Waals surface area contributed by atoms with Gasteiger partial charge in [0.25, 0.3) is 11.7 Å². The molecule has 1 atom stereocenters. The maximum Gasteiger partial charge on any atom is 0.295 e. The van der Waals surface area contributed by atoms with Gasteiger partial charge in [0.15, 0.2) is 11.5 Å². The number of Topliss-reactive ketones (excluding diaryl/α,β-unsaturated/α-hetero) is 1. The molecule has 1 aliphatic rings. The highest BCUT2D eigenvalue weighted by molar-refractivity contribution is 6.46. The van der Waals surface area contributed by atoms with Gasteiger partial charge in [-0.3, -0.25) is 9.59 Å². The molecule has 3 aromatic rings. The summed E-state index contributed by atoms with van der Waals surface area (Å²) < 4.78 is 16.3. The van der Waals surface area contributed by atoms with Gasteiger partial charge in [-0.05, 0) is 60.4 Å². The number of amides is 1. The van der Waals surface area contributed by atoms with Crippen LogP contribution in [-0.4, -0.2) is 49.1 Å². The van der Waals surface area contributed by atoms with Crippen LogP contribution >= 0.6 is 0 Å². The highest BCUT2D eigenvalue weighted by Crippen LogP contribution is 2.39. The Labute approximate surface area is 216 Å². The van der Waals surface area contributed by atoms with E-state index in [1.165, 1.54) is 4.90 Å². The lowest BCUT2D eigenvalue weighted by Crippen LogP contribution is -2.31. The highest BCUT2D eigenvalue weighted by atomic mass is 16.5. The number of benzene rings is 3. The predicted octanol–water partition coefficient (Wildman–Crippen LogP) is 5.16. The largest absolute Gasteiger partial charge is 0.507 e. The summed E-state index contributed by atoms with van der Waals surface area (Å²) in [6, 6.07) is 21.0. The first-order valence-corrected chi connectivity index (χ1v) is 12.3. The second kappa shape index (κ2) is 11.6. The lowest BCUT2D eigenvalue weighted by atomic mass is 9.95. The van der Waals surface area contributed by atoms with Crippen molar-refractivity contribution in [3.63, 3.8) is 0 Å². The number of ether oxygens (including phenoxy) is 3. The van der Waals surface area contributed by atoms with Crippen molar-refractivity contribution in [1.29, 1.82) is 0 Å². The van der Waals surface area contributed by atoms with E-state index in [-0.39, 0.29) is 17.9 Å². The molecule has 1 N–H and O–H groups in total. The Kier molecular flexibility index (Phi) is 8.13. The average molecular weight is 502 g/mol. The van der Waals surface area contributed by atoms with Crippen LogP contribution in [0.15, 0.2) is 78.4 Å². The number of carbonyl (C=O) groups excluding carboxylic acids is 2. The number of ketones is 1. The Hall–Kier alpha value is -4.26. The van der Waals surface area contributed by atoms with Crippen LogP contribution in [0.3, 0.4) is 0 Å². The van der Waals surface area contributed by atoms with Gasteiger partial charge in [0.1, 0.15) is 11.5 Å². The van der Waals surface area contributed by atoms with Gasteiger partial charge < -0.3 is 24.2 Å². The van der Waals surface area contributed by atoms with E-state index >= 15 is 0 Å². The summed E-state index contributed by atoms with van der Waals surface area (Å²) >= 11 is 0. The van der Waals surface area contributed by atoms with Crippen LogP contribution in [-0.2, 0) is 16.0 Å². The molecule has 192 valence electrons. The fourth-order valence-electron chi connectivity index (χ4n) is 4.46. The number of likely N-dealkylation sites (tertiary alicyclic amines) is 1. The molecule has 1 fully saturated rings. The molecule has 7 nitrogen and oxygen atoms in total. The second-order valence-corrected chi connectivity index (χ2v) is 8.72. The van der Waals surface area contributed by atoms with Crippen LogP contribution in [0.4, 0.5) is 0 Å². The molecule has 1 saturated heterocycles. The smallest absolute Gasteiger partial charge is 0.295 e. The number of aliphatic hydroxyl groups excluding tert-OH is 1. The zero-order chi connectivity index (χ0) is 26.4. The average Bonchev–Trinajstić information content (AvgIpc) is 3.20. The third-order valence-electron chi connectivity index (χ3n) is 6.35. The fraction of sp³-hybridized carbons (Fsp3) is 0.267. The molecule has 7 heteroatoms. The van der Waals surface area contributed by atoms with Gasteiger partial charge in [0, 0.05) is 12.1 Å². The third kappa shape index (κ3) is 5.45. The molecule has 0 saturated carbocycles. The summed E-state index contributed by atoms with van der Waals surface area (Å²) in [6.07, 6.45) is 1.37. The molecule has 37 heavy (non-hydrogen) atoms. The van der Waals surface area contributed by atoms with Gasteiger partial charge in [-0.15, -0.1) is 0 Å². The van der Waals surface area contributed by atoms with E-state index in [1.807, 2.05) is 55.5 Å². The predicted molar refractivity (Wildman–Crippen MR) is 141 cm³/mol. The third-order valence-corrected chi connectivity index (χ3v) is 6.35. The van der Waals surface area contributed by atoms with Crippen molar-refractivity contribution in [3.05, 3.63) is 95.1 Å². The van der Waals surface area contributed by atoms with Gasteiger partial charge in [-0.1, -0.05) is 43.3 Å². The molecular formula is C30H31NO6. The van der Waals surface area contributed by atoms with Crippen molar-refractivity contribution >= 4 is 17.4 Å². The Morgan fingerprint density at radius 1 is 0.919 bits per heavy atom. The van der Waals surface area contributed by atoms with Crippen molar-refractivity contribution in [3.8, 4) is 17.2 Å². The fourth-order valence-corrected chi connectivity index (χ4v) is 4.46. The van der Waals surface area contributed by atoms with Crippen LogP contribution in [0.2, 0.25) is 0 Å². The number of hydrogen-bond donors (Lipinski definition) is 1. The van der Waals surface area contributed by atoms with Crippen LogP contribution in [0.1, 0.15) is 36.1 Å². The Morgan fingerprint density at radius 3 is 2.27 bits per heavy atom. The molecule has 0 aliphatic carbocycles. The molecule has 1 unspecified atom stereocenters. The lowest BCUT2D eigenvalue weighted by molar-refractivity contribution is -0.139. The number of nitrogens with zero attached hydrogens (tertiary/aromatic N) is 1. The first-order valence-electron chi connectivity index (χ1n) is 12.3. The molecule has 0 radical (unpaired) electrons. The topological polar surface area (TPSA) is 85.3 Å². The standard InChI is InChI=1S/C30H31NO6/c1-4-18-37-23-13-11-22(12-14-23)28(32)26-27(21-8-6-5-7-9-21)31(30(34)29(26)33)17-16-20-10-15-24(35-2)25(19-20)36-3/h5-15,19,27,32H,4,16-18H2,1-3H3/b28-26+. The molecule has 0 bridgehead atoms. The molecule has 1 heterocycles. The molecule has 0 aromatic heterocycles. The number of aliphatic hydroxyl groups is 1. The molecule has 0 spiro atoms. The van der Waals surface area contributed by atoms with Crippen LogP contribution in [0.5, 0.6) is 17.2 Å². The number of methoxy groups -OCH3 is 2. The number of carbonyl (C=O) groups is 2. The molecule has 4 rings (SSSR count). The van der Waals surface area contributed by atoms with Crippen molar-refractivity contribution in [1.82, 2.24) is 4.90 Å². The zero-order valence-corrected chi connectivity index (χ0v) is 21.3. The van der Waals surface area contributed by atoms with Crippen LogP contribution < -0.4 is 14.2 Å². The minimum absolute atomic E-state index is 0.0748. The van der Waals surface area contributed by atoms with E-state index < -0.39 is 17.7 Å². The highest BCUT2D eigenvalue weighted by Gasteiger charge is 2.45. The first kappa shape index (κ1) is 25.8. The quantitative estimate of drug-likeness (QED) is 0.235. The van der Waals surface area contributed by atoms with E-state index in [0.717, 1.165) is 17.5 Å². The van der Waals surface area contributed by atoms with Crippen molar-refractivity contribution in [2.24, 2.45) is 0 Å². The van der Waals surface area contributed by atoms with E-state index in [2.05, 4.69) is 0 Å². The molecule has 3 aromatic carbocycles. The van der Waals surface area contributed by atoms with Gasteiger partial charge in [0.05, 0.1) is 32.4 Å². The van der Waals surface area contributed by atoms with E-state index in [4.69, 9.17) is 14.2 Å². The minimum Gasteiger partial charge on any atom is -0.507 e.